The summed E-state index contributed by atoms with van der Waals surface area (Å²) in [6.45, 7) is 2.05. The van der Waals surface area contributed by atoms with Gasteiger partial charge in [0.15, 0.2) is 0 Å². The molecule has 1 amide bonds. The maximum Gasteiger partial charge on any atom is 0.237 e. The number of carbonyl (C=O) groups is 1. The van der Waals surface area contributed by atoms with Crippen molar-refractivity contribution in [1.29, 1.82) is 0 Å². The van der Waals surface area contributed by atoms with Gasteiger partial charge in [0.25, 0.3) is 0 Å². The lowest BCUT2D eigenvalue weighted by molar-refractivity contribution is -0.125. The predicted octanol–water partition coefficient (Wildman–Crippen LogP) is 2.41. The van der Waals surface area contributed by atoms with Gasteiger partial charge in [0.05, 0.1) is 29.0 Å². The summed E-state index contributed by atoms with van der Waals surface area (Å²) in [7, 11) is 0. The number of amides is 1. The van der Waals surface area contributed by atoms with E-state index in [1.54, 1.807) is 18.5 Å². The van der Waals surface area contributed by atoms with Gasteiger partial charge in [-0.25, -0.2) is 0 Å². The third-order valence-electron chi connectivity index (χ3n) is 3.99. The van der Waals surface area contributed by atoms with Crippen LogP contribution in [0.2, 0.25) is 5.02 Å². The predicted molar refractivity (Wildman–Crippen MR) is 88.8 cm³/mol. The molecular formula is C17H19ClN4O. The van der Waals surface area contributed by atoms with Gasteiger partial charge in [0.1, 0.15) is 0 Å². The number of carbonyl (C=O) groups excluding carboxylic acids is 1. The molecule has 6 heteroatoms. The fourth-order valence-electron chi connectivity index (χ4n) is 2.82. The van der Waals surface area contributed by atoms with Gasteiger partial charge in [-0.2, -0.15) is 0 Å². The number of aromatic nitrogens is 2. The van der Waals surface area contributed by atoms with Crippen LogP contribution in [0.15, 0.2) is 42.7 Å². The molecule has 0 spiro atoms. The van der Waals surface area contributed by atoms with Crippen LogP contribution < -0.4 is 5.32 Å². The van der Waals surface area contributed by atoms with E-state index < -0.39 is 0 Å². The van der Waals surface area contributed by atoms with Crippen LogP contribution in [0.3, 0.4) is 0 Å². The molecule has 1 unspecified atom stereocenters. The zero-order valence-corrected chi connectivity index (χ0v) is 13.5. The molecule has 1 aliphatic rings. The number of likely N-dealkylation sites (tertiary alicyclic amines) is 1. The van der Waals surface area contributed by atoms with Crippen LogP contribution >= 0.6 is 11.6 Å². The number of hydrogen-bond donors (Lipinski definition) is 1. The van der Waals surface area contributed by atoms with Crippen LogP contribution in [-0.2, 0) is 17.9 Å². The molecule has 0 radical (unpaired) electrons. The smallest absolute Gasteiger partial charge is 0.237 e. The number of halogens is 1. The van der Waals surface area contributed by atoms with Gasteiger partial charge in [0.2, 0.25) is 5.91 Å². The fraction of sp³-hybridized carbons (Fsp3) is 0.353. The van der Waals surface area contributed by atoms with E-state index in [0.29, 0.717) is 18.1 Å². The van der Waals surface area contributed by atoms with Crippen molar-refractivity contribution in [3.63, 3.8) is 0 Å². The molecule has 0 aliphatic carbocycles. The Morgan fingerprint density at radius 3 is 2.91 bits per heavy atom. The highest BCUT2D eigenvalue weighted by Crippen LogP contribution is 2.19. The van der Waals surface area contributed by atoms with E-state index in [1.807, 2.05) is 24.3 Å². The van der Waals surface area contributed by atoms with Crippen LogP contribution in [0.1, 0.15) is 24.2 Å². The van der Waals surface area contributed by atoms with Crippen LogP contribution in [0.5, 0.6) is 0 Å². The quantitative estimate of drug-likeness (QED) is 0.914. The molecule has 5 nitrogen and oxygen atoms in total. The van der Waals surface area contributed by atoms with E-state index in [9.17, 15) is 4.79 Å². The molecule has 1 aliphatic heterocycles. The first-order chi connectivity index (χ1) is 11.2. The van der Waals surface area contributed by atoms with Gasteiger partial charge in [-0.1, -0.05) is 17.7 Å². The largest absolute Gasteiger partial charge is 0.349 e. The first-order valence-corrected chi connectivity index (χ1v) is 8.12. The molecule has 120 valence electrons. The summed E-state index contributed by atoms with van der Waals surface area (Å²) in [6.07, 6.45) is 5.29. The van der Waals surface area contributed by atoms with E-state index in [4.69, 9.17) is 11.6 Å². The zero-order chi connectivity index (χ0) is 16.1. The molecule has 1 saturated heterocycles. The van der Waals surface area contributed by atoms with Crippen molar-refractivity contribution < 1.29 is 4.79 Å². The van der Waals surface area contributed by atoms with E-state index >= 15 is 0 Å². The summed E-state index contributed by atoms with van der Waals surface area (Å²) in [5, 5.41) is 3.56. The Kier molecular flexibility index (Phi) is 5.20. The van der Waals surface area contributed by atoms with Crippen LogP contribution in [0.25, 0.3) is 0 Å². The summed E-state index contributed by atoms with van der Waals surface area (Å²) in [5.74, 6) is 0.0511. The highest BCUT2D eigenvalue weighted by atomic mass is 35.5. The average Bonchev–Trinajstić information content (AvgIpc) is 3.03. The fourth-order valence-corrected chi connectivity index (χ4v) is 2.93. The molecule has 0 saturated carbocycles. The maximum absolute atomic E-state index is 12.5. The van der Waals surface area contributed by atoms with Gasteiger partial charge in [-0.15, -0.1) is 0 Å². The van der Waals surface area contributed by atoms with E-state index in [-0.39, 0.29) is 11.9 Å². The topological polar surface area (TPSA) is 58.1 Å². The summed E-state index contributed by atoms with van der Waals surface area (Å²) in [6, 6.07) is 9.37. The Hall–Kier alpha value is -1.98. The minimum absolute atomic E-state index is 0.0511. The number of nitrogens with zero attached hydrogens (tertiary/aromatic N) is 3. The molecule has 0 aromatic carbocycles. The lowest BCUT2D eigenvalue weighted by Gasteiger charge is -2.23. The second-order valence-corrected chi connectivity index (χ2v) is 6.07. The Morgan fingerprint density at radius 2 is 2.17 bits per heavy atom. The highest BCUT2D eigenvalue weighted by Gasteiger charge is 2.30. The van der Waals surface area contributed by atoms with Gasteiger partial charge in [0, 0.05) is 18.9 Å². The molecule has 1 N–H and O–H groups in total. The summed E-state index contributed by atoms with van der Waals surface area (Å²) in [5.41, 5.74) is 1.79. The Labute approximate surface area is 140 Å². The van der Waals surface area contributed by atoms with Crippen molar-refractivity contribution in [2.24, 2.45) is 0 Å². The van der Waals surface area contributed by atoms with Crippen molar-refractivity contribution in [2.45, 2.75) is 32.0 Å². The normalized spacial score (nSPS) is 18.0. The SMILES string of the molecule is O=C(NCc1ccc(Cl)cn1)C1CCCN1Cc1ccccn1. The molecule has 1 atom stereocenters. The Bertz CT molecular complexity index is 647. The molecule has 1 fully saturated rings. The second kappa shape index (κ2) is 7.53. The standard InChI is InChI=1S/C17H19ClN4O/c18-13-6-7-14(20-10-13)11-21-17(23)16-5-3-9-22(16)12-15-4-1-2-8-19-15/h1-2,4,6-8,10,16H,3,5,9,11-12H2,(H,21,23). The molecule has 3 rings (SSSR count). The molecule has 3 heterocycles. The number of rotatable bonds is 5. The van der Waals surface area contributed by atoms with E-state index in [0.717, 1.165) is 30.8 Å². The number of hydrogen-bond acceptors (Lipinski definition) is 4. The van der Waals surface area contributed by atoms with Crippen molar-refractivity contribution in [3.8, 4) is 0 Å². The van der Waals surface area contributed by atoms with Gasteiger partial charge >= 0.3 is 0 Å². The maximum atomic E-state index is 12.5. The summed E-state index contributed by atoms with van der Waals surface area (Å²) in [4.78, 5) is 23.2. The van der Waals surface area contributed by atoms with Crippen molar-refractivity contribution in [2.75, 3.05) is 6.54 Å². The lowest BCUT2D eigenvalue weighted by atomic mass is 10.2. The van der Waals surface area contributed by atoms with Crippen molar-refractivity contribution in [3.05, 3.63) is 59.1 Å². The molecule has 23 heavy (non-hydrogen) atoms. The third kappa shape index (κ3) is 4.27. The molecule has 2 aromatic rings. The third-order valence-corrected chi connectivity index (χ3v) is 4.21. The average molecular weight is 331 g/mol. The lowest BCUT2D eigenvalue weighted by Crippen LogP contribution is -2.42. The zero-order valence-electron chi connectivity index (χ0n) is 12.8. The molecular weight excluding hydrogens is 312 g/mol. The van der Waals surface area contributed by atoms with E-state index in [2.05, 4.69) is 20.2 Å². The molecule has 2 aromatic heterocycles. The van der Waals surface area contributed by atoms with Crippen LogP contribution in [-0.4, -0.2) is 33.4 Å². The summed E-state index contributed by atoms with van der Waals surface area (Å²) >= 11 is 5.81. The molecule has 0 bridgehead atoms. The van der Waals surface area contributed by atoms with Gasteiger partial charge in [-0.3, -0.25) is 19.7 Å². The van der Waals surface area contributed by atoms with E-state index in [1.165, 1.54) is 0 Å². The Balaban J connectivity index is 1.56. The monoisotopic (exact) mass is 330 g/mol. The first-order valence-electron chi connectivity index (χ1n) is 7.74. The number of nitrogens with one attached hydrogen (secondary N) is 1. The Morgan fingerprint density at radius 1 is 1.26 bits per heavy atom. The van der Waals surface area contributed by atoms with Gasteiger partial charge in [-0.05, 0) is 43.7 Å². The highest BCUT2D eigenvalue weighted by molar-refractivity contribution is 6.30. The number of pyridine rings is 2. The second-order valence-electron chi connectivity index (χ2n) is 5.64. The van der Waals surface area contributed by atoms with Crippen molar-refractivity contribution in [1.82, 2.24) is 20.2 Å². The summed E-state index contributed by atoms with van der Waals surface area (Å²) < 4.78 is 0. The van der Waals surface area contributed by atoms with Gasteiger partial charge < -0.3 is 5.32 Å². The minimum Gasteiger partial charge on any atom is -0.349 e. The van der Waals surface area contributed by atoms with Crippen LogP contribution in [0.4, 0.5) is 0 Å². The minimum atomic E-state index is -0.0932. The van der Waals surface area contributed by atoms with Crippen molar-refractivity contribution >= 4 is 17.5 Å². The first kappa shape index (κ1) is 15.9. The van der Waals surface area contributed by atoms with Crippen LogP contribution in [0, 0.1) is 0 Å².